The number of nitrogens with zero attached hydrogens (tertiary/aromatic N) is 1. The first-order chi connectivity index (χ1) is 7.81. The van der Waals surface area contributed by atoms with Crippen LogP contribution in [0.15, 0.2) is 45.5 Å². The molecule has 4 heteroatoms. The van der Waals surface area contributed by atoms with E-state index in [0.717, 1.165) is 15.9 Å². The standard InChI is InChI=1S/C12H9BrN2O/c13-10-5-6-16-12(10)8-15-11-4-2-1-3-9(11)7-14/h1-6,15H,8H2. The van der Waals surface area contributed by atoms with Crippen molar-refractivity contribution in [1.29, 1.82) is 5.26 Å². The highest BCUT2D eigenvalue weighted by Gasteiger charge is 2.04. The molecule has 0 aliphatic carbocycles. The number of benzene rings is 1. The zero-order chi connectivity index (χ0) is 11.4. The van der Waals surface area contributed by atoms with Gasteiger partial charge in [0, 0.05) is 0 Å². The van der Waals surface area contributed by atoms with Crippen LogP contribution in [0.25, 0.3) is 0 Å². The van der Waals surface area contributed by atoms with Gasteiger partial charge in [-0.05, 0) is 34.1 Å². The number of furan rings is 1. The van der Waals surface area contributed by atoms with Gasteiger partial charge in [-0.2, -0.15) is 5.26 Å². The Hall–Kier alpha value is -1.73. The van der Waals surface area contributed by atoms with Gasteiger partial charge in [-0.15, -0.1) is 0 Å². The Bertz CT molecular complexity index is 528. The maximum absolute atomic E-state index is 8.91. The minimum atomic E-state index is 0.548. The predicted molar refractivity (Wildman–Crippen MR) is 64.9 cm³/mol. The molecule has 80 valence electrons. The van der Waals surface area contributed by atoms with Gasteiger partial charge in [-0.3, -0.25) is 0 Å². The summed E-state index contributed by atoms with van der Waals surface area (Å²) in [5.41, 5.74) is 1.44. The van der Waals surface area contributed by atoms with Crippen LogP contribution in [-0.4, -0.2) is 0 Å². The van der Waals surface area contributed by atoms with Crippen LogP contribution in [0.4, 0.5) is 5.69 Å². The van der Waals surface area contributed by atoms with Crippen LogP contribution in [0.1, 0.15) is 11.3 Å². The van der Waals surface area contributed by atoms with Crippen molar-refractivity contribution in [2.75, 3.05) is 5.32 Å². The number of halogens is 1. The lowest BCUT2D eigenvalue weighted by Crippen LogP contribution is -2.00. The van der Waals surface area contributed by atoms with E-state index in [0.29, 0.717) is 12.1 Å². The number of anilines is 1. The first-order valence-electron chi connectivity index (χ1n) is 4.76. The average Bonchev–Trinajstić information content (AvgIpc) is 2.72. The molecule has 0 aliphatic rings. The third kappa shape index (κ3) is 2.26. The number of hydrogen-bond donors (Lipinski definition) is 1. The van der Waals surface area contributed by atoms with Crippen molar-refractivity contribution < 1.29 is 4.42 Å². The first kappa shape index (κ1) is 10.8. The van der Waals surface area contributed by atoms with Crippen molar-refractivity contribution in [2.24, 2.45) is 0 Å². The summed E-state index contributed by atoms with van der Waals surface area (Å²) in [5, 5.41) is 12.1. The van der Waals surface area contributed by atoms with E-state index in [1.165, 1.54) is 0 Å². The van der Waals surface area contributed by atoms with Gasteiger partial charge in [0.15, 0.2) is 0 Å². The van der Waals surface area contributed by atoms with Crippen LogP contribution in [-0.2, 0) is 6.54 Å². The second-order valence-corrected chi connectivity index (χ2v) is 4.06. The van der Waals surface area contributed by atoms with E-state index >= 15 is 0 Å². The topological polar surface area (TPSA) is 49.0 Å². The molecule has 2 rings (SSSR count). The molecule has 3 nitrogen and oxygen atoms in total. The summed E-state index contributed by atoms with van der Waals surface area (Å²) in [4.78, 5) is 0. The van der Waals surface area contributed by atoms with Crippen LogP contribution < -0.4 is 5.32 Å². The Morgan fingerprint density at radius 3 is 2.81 bits per heavy atom. The molecule has 0 fully saturated rings. The van der Waals surface area contributed by atoms with E-state index in [1.54, 1.807) is 12.3 Å². The fourth-order valence-electron chi connectivity index (χ4n) is 1.36. The molecule has 1 heterocycles. The Morgan fingerprint density at radius 1 is 1.31 bits per heavy atom. The van der Waals surface area contributed by atoms with E-state index in [1.807, 2.05) is 24.3 Å². The molecular weight excluding hydrogens is 268 g/mol. The van der Waals surface area contributed by atoms with Gasteiger partial charge >= 0.3 is 0 Å². The van der Waals surface area contributed by atoms with Crippen molar-refractivity contribution in [3.8, 4) is 6.07 Å². The van der Waals surface area contributed by atoms with Crippen LogP contribution in [0.3, 0.4) is 0 Å². The van der Waals surface area contributed by atoms with E-state index in [4.69, 9.17) is 9.68 Å². The smallest absolute Gasteiger partial charge is 0.136 e. The molecule has 0 saturated carbocycles. The van der Waals surface area contributed by atoms with Crippen molar-refractivity contribution in [1.82, 2.24) is 0 Å². The molecule has 16 heavy (non-hydrogen) atoms. The minimum Gasteiger partial charge on any atom is -0.466 e. The molecule has 0 amide bonds. The third-order valence-electron chi connectivity index (χ3n) is 2.18. The molecule has 0 atom stereocenters. The van der Waals surface area contributed by atoms with Gasteiger partial charge in [0.25, 0.3) is 0 Å². The van der Waals surface area contributed by atoms with Gasteiger partial charge in [0.05, 0.1) is 28.5 Å². The molecule has 1 aromatic heterocycles. The Morgan fingerprint density at radius 2 is 2.12 bits per heavy atom. The van der Waals surface area contributed by atoms with Crippen molar-refractivity contribution in [3.63, 3.8) is 0 Å². The molecular formula is C12H9BrN2O. The van der Waals surface area contributed by atoms with Crippen LogP contribution in [0, 0.1) is 11.3 Å². The SMILES string of the molecule is N#Cc1ccccc1NCc1occc1Br. The van der Waals surface area contributed by atoms with Crippen molar-refractivity contribution >= 4 is 21.6 Å². The zero-order valence-electron chi connectivity index (χ0n) is 8.40. The fourth-order valence-corrected chi connectivity index (χ4v) is 1.70. The Balaban J connectivity index is 2.11. The summed E-state index contributed by atoms with van der Waals surface area (Å²) < 4.78 is 6.19. The number of nitrogens with one attached hydrogen (secondary N) is 1. The largest absolute Gasteiger partial charge is 0.466 e. The highest BCUT2D eigenvalue weighted by molar-refractivity contribution is 9.10. The van der Waals surface area contributed by atoms with E-state index < -0.39 is 0 Å². The molecule has 0 saturated heterocycles. The lowest BCUT2D eigenvalue weighted by atomic mass is 10.2. The third-order valence-corrected chi connectivity index (χ3v) is 2.88. The summed E-state index contributed by atoms with van der Waals surface area (Å²) in [6, 6.07) is 11.4. The van der Waals surface area contributed by atoms with E-state index in [9.17, 15) is 0 Å². The van der Waals surface area contributed by atoms with Crippen LogP contribution in [0.5, 0.6) is 0 Å². The molecule has 2 aromatic rings. The maximum atomic E-state index is 8.91. The highest BCUT2D eigenvalue weighted by atomic mass is 79.9. The highest BCUT2D eigenvalue weighted by Crippen LogP contribution is 2.20. The van der Waals surface area contributed by atoms with Crippen molar-refractivity contribution in [3.05, 3.63) is 52.4 Å². The number of hydrogen-bond acceptors (Lipinski definition) is 3. The Kier molecular flexibility index (Phi) is 3.28. The Labute approximate surface area is 102 Å². The predicted octanol–water partition coefficient (Wildman–Crippen LogP) is 3.53. The lowest BCUT2D eigenvalue weighted by molar-refractivity contribution is 0.516. The lowest BCUT2D eigenvalue weighted by Gasteiger charge is -2.06. The number of nitriles is 1. The second-order valence-electron chi connectivity index (χ2n) is 3.20. The average molecular weight is 277 g/mol. The van der Waals surface area contributed by atoms with Gasteiger partial charge in [-0.1, -0.05) is 12.1 Å². The molecule has 0 spiro atoms. The second kappa shape index (κ2) is 4.86. The van der Waals surface area contributed by atoms with Gasteiger partial charge < -0.3 is 9.73 Å². The summed E-state index contributed by atoms with van der Waals surface area (Å²) in [7, 11) is 0. The molecule has 1 aromatic carbocycles. The monoisotopic (exact) mass is 276 g/mol. The fraction of sp³-hybridized carbons (Fsp3) is 0.0833. The zero-order valence-corrected chi connectivity index (χ0v) is 9.99. The van der Waals surface area contributed by atoms with Crippen molar-refractivity contribution in [2.45, 2.75) is 6.54 Å². The summed E-state index contributed by atoms with van der Waals surface area (Å²) in [5.74, 6) is 0.813. The number of rotatable bonds is 3. The normalized spacial score (nSPS) is 9.75. The molecule has 0 bridgehead atoms. The summed E-state index contributed by atoms with van der Waals surface area (Å²) in [6.07, 6.45) is 1.62. The van der Waals surface area contributed by atoms with E-state index in [2.05, 4.69) is 27.3 Å². The molecule has 1 N–H and O–H groups in total. The summed E-state index contributed by atoms with van der Waals surface area (Å²) >= 11 is 3.38. The molecule has 0 unspecified atom stereocenters. The quantitative estimate of drug-likeness (QED) is 0.933. The molecule has 0 radical (unpaired) electrons. The first-order valence-corrected chi connectivity index (χ1v) is 5.55. The molecule has 0 aliphatic heterocycles. The summed E-state index contributed by atoms with van der Waals surface area (Å²) in [6.45, 7) is 0.548. The van der Waals surface area contributed by atoms with Crippen LogP contribution in [0.2, 0.25) is 0 Å². The number of para-hydroxylation sites is 1. The van der Waals surface area contributed by atoms with Gasteiger partial charge in [0.2, 0.25) is 0 Å². The van der Waals surface area contributed by atoms with E-state index in [-0.39, 0.29) is 0 Å². The van der Waals surface area contributed by atoms with Gasteiger partial charge in [0.1, 0.15) is 11.8 Å². The van der Waals surface area contributed by atoms with Gasteiger partial charge in [-0.25, -0.2) is 0 Å². The minimum absolute atomic E-state index is 0.548. The maximum Gasteiger partial charge on any atom is 0.136 e. The van der Waals surface area contributed by atoms with Crippen LogP contribution >= 0.6 is 15.9 Å².